The fraction of sp³-hybridized carbons (Fsp3) is 0.923. The van der Waals surface area contributed by atoms with Gasteiger partial charge >= 0.3 is 0 Å². The van der Waals surface area contributed by atoms with E-state index in [1.54, 1.807) is 0 Å². The maximum atomic E-state index is 11.7. The van der Waals surface area contributed by atoms with E-state index in [0.717, 1.165) is 56.4 Å². The standard InChI is InChI=1S/C13H25NO2S/c1-3-11(4-2)13(15)14-7-10-17-12-5-8-16-9-6-12/h11-12H,3-10H2,1-2H3,(H,14,15). The summed E-state index contributed by atoms with van der Waals surface area (Å²) in [6.45, 7) is 6.75. The zero-order valence-electron chi connectivity index (χ0n) is 11.0. The minimum atomic E-state index is 0.197. The molecule has 17 heavy (non-hydrogen) atoms. The summed E-state index contributed by atoms with van der Waals surface area (Å²) < 4.78 is 5.32. The maximum absolute atomic E-state index is 11.7. The Morgan fingerprint density at radius 2 is 2.00 bits per heavy atom. The van der Waals surface area contributed by atoms with E-state index in [2.05, 4.69) is 19.2 Å². The normalized spacial score (nSPS) is 17.4. The molecule has 0 radical (unpaired) electrons. The maximum Gasteiger partial charge on any atom is 0.223 e. The average molecular weight is 259 g/mol. The number of ether oxygens (including phenoxy) is 1. The van der Waals surface area contributed by atoms with Crippen LogP contribution in [0.15, 0.2) is 0 Å². The lowest BCUT2D eigenvalue weighted by molar-refractivity contribution is -0.125. The molecule has 1 aliphatic heterocycles. The first-order chi connectivity index (χ1) is 8.27. The molecule has 1 N–H and O–H groups in total. The molecule has 0 atom stereocenters. The van der Waals surface area contributed by atoms with E-state index in [-0.39, 0.29) is 11.8 Å². The highest BCUT2D eigenvalue weighted by Gasteiger charge is 2.15. The molecule has 100 valence electrons. The summed E-state index contributed by atoms with van der Waals surface area (Å²) in [6.07, 6.45) is 4.20. The Kier molecular flexibility index (Phi) is 7.69. The molecular weight excluding hydrogens is 234 g/mol. The third-order valence-corrected chi connectivity index (χ3v) is 4.66. The van der Waals surface area contributed by atoms with E-state index in [1.165, 1.54) is 0 Å². The summed E-state index contributed by atoms with van der Waals surface area (Å²) in [6, 6.07) is 0. The molecule has 1 fully saturated rings. The van der Waals surface area contributed by atoms with Crippen molar-refractivity contribution < 1.29 is 9.53 Å². The lowest BCUT2D eigenvalue weighted by Gasteiger charge is -2.21. The van der Waals surface area contributed by atoms with Crippen molar-refractivity contribution in [3.05, 3.63) is 0 Å². The van der Waals surface area contributed by atoms with Crippen LogP contribution in [0.1, 0.15) is 39.5 Å². The van der Waals surface area contributed by atoms with Gasteiger partial charge in [0.05, 0.1) is 0 Å². The second-order valence-corrected chi connectivity index (χ2v) is 5.90. The minimum Gasteiger partial charge on any atom is -0.381 e. The van der Waals surface area contributed by atoms with E-state index < -0.39 is 0 Å². The second-order valence-electron chi connectivity index (χ2n) is 4.49. The molecule has 0 aromatic rings. The Labute approximate surface area is 109 Å². The first-order valence-corrected chi connectivity index (χ1v) is 7.79. The van der Waals surface area contributed by atoms with Gasteiger partial charge in [-0.05, 0) is 25.7 Å². The van der Waals surface area contributed by atoms with Crippen LogP contribution in [0.2, 0.25) is 0 Å². The van der Waals surface area contributed by atoms with Crippen LogP contribution in [0.4, 0.5) is 0 Å². The lowest BCUT2D eigenvalue weighted by Crippen LogP contribution is -2.32. The van der Waals surface area contributed by atoms with Gasteiger partial charge in [-0.1, -0.05) is 13.8 Å². The van der Waals surface area contributed by atoms with Crippen molar-refractivity contribution >= 4 is 17.7 Å². The van der Waals surface area contributed by atoms with Gasteiger partial charge in [-0.25, -0.2) is 0 Å². The monoisotopic (exact) mass is 259 g/mol. The van der Waals surface area contributed by atoms with E-state index in [1.807, 2.05) is 11.8 Å². The molecule has 0 aliphatic carbocycles. The fourth-order valence-electron chi connectivity index (χ4n) is 2.05. The predicted octanol–water partition coefficient (Wildman–Crippen LogP) is 2.45. The van der Waals surface area contributed by atoms with Crippen molar-refractivity contribution in [2.45, 2.75) is 44.8 Å². The molecule has 1 saturated heterocycles. The summed E-state index contributed by atoms with van der Waals surface area (Å²) in [5.41, 5.74) is 0. The first kappa shape index (κ1) is 14.8. The Hall–Kier alpha value is -0.220. The Morgan fingerprint density at radius 3 is 2.59 bits per heavy atom. The number of rotatable bonds is 7. The Morgan fingerprint density at radius 1 is 1.35 bits per heavy atom. The van der Waals surface area contributed by atoms with Crippen LogP contribution >= 0.6 is 11.8 Å². The molecule has 1 aliphatic rings. The van der Waals surface area contributed by atoms with Gasteiger partial charge in [-0.2, -0.15) is 11.8 Å². The van der Waals surface area contributed by atoms with Crippen LogP contribution in [-0.4, -0.2) is 36.7 Å². The van der Waals surface area contributed by atoms with Crippen LogP contribution in [0.25, 0.3) is 0 Å². The van der Waals surface area contributed by atoms with Gasteiger partial charge in [0, 0.05) is 36.7 Å². The van der Waals surface area contributed by atoms with Crippen molar-refractivity contribution in [1.29, 1.82) is 0 Å². The molecule has 1 heterocycles. The summed E-state index contributed by atoms with van der Waals surface area (Å²) in [4.78, 5) is 11.7. The predicted molar refractivity (Wildman–Crippen MR) is 73.4 cm³/mol. The molecule has 0 unspecified atom stereocenters. The Balaban J connectivity index is 2.04. The van der Waals surface area contributed by atoms with Crippen molar-refractivity contribution in [2.75, 3.05) is 25.5 Å². The third kappa shape index (κ3) is 5.77. The molecule has 0 spiro atoms. The van der Waals surface area contributed by atoms with Crippen LogP contribution in [-0.2, 0) is 9.53 Å². The molecule has 3 nitrogen and oxygen atoms in total. The van der Waals surface area contributed by atoms with Crippen molar-refractivity contribution in [1.82, 2.24) is 5.32 Å². The average Bonchev–Trinajstić information content (AvgIpc) is 2.37. The van der Waals surface area contributed by atoms with Crippen LogP contribution < -0.4 is 5.32 Å². The van der Waals surface area contributed by atoms with Crippen LogP contribution in [0, 0.1) is 5.92 Å². The number of hydrogen-bond acceptors (Lipinski definition) is 3. The largest absolute Gasteiger partial charge is 0.381 e. The highest BCUT2D eigenvalue weighted by molar-refractivity contribution is 7.99. The number of thioether (sulfide) groups is 1. The third-order valence-electron chi connectivity index (χ3n) is 3.28. The minimum absolute atomic E-state index is 0.197. The quantitative estimate of drug-likeness (QED) is 0.714. The number of amides is 1. The topological polar surface area (TPSA) is 38.3 Å². The molecule has 0 aromatic carbocycles. The summed E-state index contributed by atoms with van der Waals surface area (Å²) in [5.74, 6) is 1.45. The summed E-state index contributed by atoms with van der Waals surface area (Å²) >= 11 is 1.97. The van der Waals surface area contributed by atoms with E-state index >= 15 is 0 Å². The van der Waals surface area contributed by atoms with Crippen molar-refractivity contribution in [2.24, 2.45) is 5.92 Å². The molecule has 4 heteroatoms. The smallest absolute Gasteiger partial charge is 0.223 e. The summed E-state index contributed by atoms with van der Waals surface area (Å²) in [7, 11) is 0. The van der Waals surface area contributed by atoms with Crippen molar-refractivity contribution in [3.63, 3.8) is 0 Å². The second kappa shape index (κ2) is 8.81. The molecule has 0 aromatic heterocycles. The SMILES string of the molecule is CCC(CC)C(=O)NCCSC1CCOCC1. The fourth-order valence-corrected chi connectivity index (χ4v) is 3.13. The van der Waals surface area contributed by atoms with Gasteiger partial charge in [0.25, 0.3) is 0 Å². The van der Waals surface area contributed by atoms with Gasteiger partial charge in [-0.3, -0.25) is 4.79 Å². The van der Waals surface area contributed by atoms with Gasteiger partial charge in [0.2, 0.25) is 5.91 Å². The number of hydrogen-bond donors (Lipinski definition) is 1. The lowest BCUT2D eigenvalue weighted by atomic mass is 10.0. The van der Waals surface area contributed by atoms with Gasteiger partial charge in [0.1, 0.15) is 0 Å². The van der Waals surface area contributed by atoms with Crippen LogP contribution in [0.5, 0.6) is 0 Å². The summed E-state index contributed by atoms with van der Waals surface area (Å²) in [5, 5.41) is 3.76. The van der Waals surface area contributed by atoms with Crippen molar-refractivity contribution in [3.8, 4) is 0 Å². The van der Waals surface area contributed by atoms with E-state index in [9.17, 15) is 4.79 Å². The molecule has 0 saturated carbocycles. The van der Waals surface area contributed by atoms with Gasteiger partial charge < -0.3 is 10.1 Å². The first-order valence-electron chi connectivity index (χ1n) is 6.75. The highest BCUT2D eigenvalue weighted by Crippen LogP contribution is 2.21. The zero-order chi connectivity index (χ0) is 12.5. The van der Waals surface area contributed by atoms with Crippen LogP contribution in [0.3, 0.4) is 0 Å². The number of carbonyl (C=O) groups excluding carboxylic acids is 1. The number of carbonyl (C=O) groups is 1. The molecule has 0 bridgehead atoms. The number of nitrogens with one attached hydrogen (secondary N) is 1. The van der Waals surface area contributed by atoms with Gasteiger partial charge in [0.15, 0.2) is 0 Å². The highest BCUT2D eigenvalue weighted by atomic mass is 32.2. The molecular formula is C13H25NO2S. The Bertz CT molecular complexity index is 213. The molecule has 1 amide bonds. The van der Waals surface area contributed by atoms with Gasteiger partial charge in [-0.15, -0.1) is 0 Å². The zero-order valence-corrected chi connectivity index (χ0v) is 11.9. The molecule has 1 rings (SSSR count). The van der Waals surface area contributed by atoms with E-state index in [0.29, 0.717) is 0 Å². The van der Waals surface area contributed by atoms with E-state index in [4.69, 9.17) is 4.74 Å².